The lowest BCUT2D eigenvalue weighted by Gasteiger charge is -2.03. The van der Waals surface area contributed by atoms with Crippen molar-refractivity contribution < 1.29 is 33.4 Å². The standard InChI is InChI=1S/C15H14O7/c1-20-12(16)7-8-13(17)21-10-15(19)22-14(18)9-11-5-3-2-4-6-11/h2-8H,9-10H2,1H3/b8-7+. The molecule has 0 atom stereocenters. The fourth-order valence-electron chi connectivity index (χ4n) is 1.34. The van der Waals surface area contributed by atoms with Crippen LogP contribution in [0.4, 0.5) is 0 Å². The molecular formula is C15H14O7. The zero-order valence-electron chi connectivity index (χ0n) is 11.8. The summed E-state index contributed by atoms with van der Waals surface area (Å²) in [6.07, 6.45) is 1.57. The van der Waals surface area contributed by atoms with Gasteiger partial charge in [-0.25, -0.2) is 14.4 Å². The monoisotopic (exact) mass is 306 g/mol. The van der Waals surface area contributed by atoms with Crippen LogP contribution >= 0.6 is 0 Å². The summed E-state index contributed by atoms with van der Waals surface area (Å²) in [5, 5.41) is 0. The van der Waals surface area contributed by atoms with E-state index in [1.165, 1.54) is 0 Å². The molecule has 0 bridgehead atoms. The van der Waals surface area contributed by atoms with Crippen LogP contribution in [0.15, 0.2) is 42.5 Å². The minimum Gasteiger partial charge on any atom is -0.466 e. The second-order valence-electron chi connectivity index (χ2n) is 3.97. The first-order chi connectivity index (χ1) is 10.5. The summed E-state index contributed by atoms with van der Waals surface area (Å²) < 4.78 is 13.2. The van der Waals surface area contributed by atoms with Crippen molar-refractivity contribution in [2.75, 3.05) is 13.7 Å². The topological polar surface area (TPSA) is 96.0 Å². The molecule has 1 rings (SSSR count). The van der Waals surface area contributed by atoms with Gasteiger partial charge in [-0.05, 0) is 5.56 Å². The molecule has 0 fully saturated rings. The van der Waals surface area contributed by atoms with E-state index in [0.717, 1.165) is 19.3 Å². The zero-order valence-corrected chi connectivity index (χ0v) is 11.8. The van der Waals surface area contributed by atoms with Gasteiger partial charge in [-0.15, -0.1) is 0 Å². The molecule has 0 amide bonds. The van der Waals surface area contributed by atoms with E-state index in [0.29, 0.717) is 5.56 Å². The Bertz CT molecular complexity index is 575. The SMILES string of the molecule is COC(=O)/C=C/C(=O)OCC(=O)OC(=O)Cc1ccccc1. The molecule has 1 aromatic carbocycles. The largest absolute Gasteiger partial charge is 0.466 e. The molecule has 0 aliphatic carbocycles. The van der Waals surface area contributed by atoms with Gasteiger partial charge in [-0.1, -0.05) is 30.3 Å². The van der Waals surface area contributed by atoms with Crippen LogP contribution < -0.4 is 0 Å². The number of rotatable bonds is 6. The third-order valence-corrected chi connectivity index (χ3v) is 2.31. The molecular weight excluding hydrogens is 292 g/mol. The van der Waals surface area contributed by atoms with Gasteiger partial charge < -0.3 is 14.2 Å². The normalized spacial score (nSPS) is 10.0. The van der Waals surface area contributed by atoms with Gasteiger partial charge in [-0.2, -0.15) is 0 Å². The summed E-state index contributed by atoms with van der Waals surface area (Å²) in [7, 11) is 1.15. The molecule has 0 aliphatic heterocycles. The minimum atomic E-state index is -0.999. The summed E-state index contributed by atoms with van der Waals surface area (Å²) in [4.78, 5) is 44.6. The number of hydrogen-bond donors (Lipinski definition) is 0. The van der Waals surface area contributed by atoms with Crippen molar-refractivity contribution in [3.8, 4) is 0 Å². The summed E-state index contributed by atoms with van der Waals surface area (Å²) >= 11 is 0. The van der Waals surface area contributed by atoms with Crippen molar-refractivity contribution in [1.29, 1.82) is 0 Å². The highest BCUT2D eigenvalue weighted by molar-refractivity contribution is 5.93. The third-order valence-electron chi connectivity index (χ3n) is 2.31. The third kappa shape index (κ3) is 6.99. The Morgan fingerprint density at radius 1 is 0.955 bits per heavy atom. The lowest BCUT2D eigenvalue weighted by Crippen LogP contribution is -2.20. The number of methoxy groups -OCH3 is 1. The highest BCUT2D eigenvalue weighted by Crippen LogP contribution is 2.01. The van der Waals surface area contributed by atoms with Gasteiger partial charge in [-0.3, -0.25) is 4.79 Å². The fraction of sp³-hybridized carbons (Fsp3) is 0.200. The van der Waals surface area contributed by atoms with E-state index in [2.05, 4.69) is 14.2 Å². The molecule has 0 N–H and O–H groups in total. The molecule has 0 heterocycles. The smallest absolute Gasteiger partial charge is 0.351 e. The minimum absolute atomic E-state index is 0.0667. The Labute approximate surface area is 126 Å². The maximum atomic E-state index is 11.5. The molecule has 0 aromatic heterocycles. The van der Waals surface area contributed by atoms with Crippen LogP contribution in [0.2, 0.25) is 0 Å². The number of ether oxygens (including phenoxy) is 3. The summed E-state index contributed by atoms with van der Waals surface area (Å²) in [6, 6.07) is 8.72. The first-order valence-electron chi connectivity index (χ1n) is 6.21. The Kier molecular flexibility index (Phi) is 7.04. The summed E-state index contributed by atoms with van der Waals surface area (Å²) in [5.74, 6) is -3.42. The van der Waals surface area contributed by atoms with E-state index in [-0.39, 0.29) is 6.42 Å². The Morgan fingerprint density at radius 3 is 2.23 bits per heavy atom. The number of carbonyl (C=O) groups excluding carboxylic acids is 4. The highest BCUT2D eigenvalue weighted by atomic mass is 16.6. The van der Waals surface area contributed by atoms with Gasteiger partial charge in [0.15, 0.2) is 6.61 Å². The Morgan fingerprint density at radius 2 is 1.59 bits per heavy atom. The first kappa shape index (κ1) is 17.1. The quantitative estimate of drug-likeness (QED) is 0.328. The fourth-order valence-corrected chi connectivity index (χ4v) is 1.34. The predicted molar refractivity (Wildman–Crippen MR) is 73.4 cm³/mol. The zero-order chi connectivity index (χ0) is 16.4. The first-order valence-corrected chi connectivity index (χ1v) is 6.21. The van der Waals surface area contributed by atoms with Gasteiger partial charge in [0, 0.05) is 12.2 Å². The molecule has 0 saturated carbocycles. The molecule has 1 aromatic rings. The van der Waals surface area contributed by atoms with Gasteiger partial charge in [0.2, 0.25) is 0 Å². The molecule has 7 nitrogen and oxygen atoms in total. The van der Waals surface area contributed by atoms with E-state index in [9.17, 15) is 19.2 Å². The molecule has 7 heteroatoms. The van der Waals surface area contributed by atoms with Gasteiger partial charge in [0.05, 0.1) is 13.5 Å². The van der Waals surface area contributed by atoms with Crippen LogP contribution in [0, 0.1) is 0 Å². The Balaban J connectivity index is 2.31. The second kappa shape index (κ2) is 9.06. The van der Waals surface area contributed by atoms with Crippen molar-refractivity contribution in [3.63, 3.8) is 0 Å². The van der Waals surface area contributed by atoms with E-state index in [1.54, 1.807) is 30.3 Å². The van der Waals surface area contributed by atoms with Crippen LogP contribution in [0.1, 0.15) is 5.56 Å². The summed E-state index contributed by atoms with van der Waals surface area (Å²) in [5.41, 5.74) is 0.693. The predicted octanol–water partition coefficient (Wildman–Crippen LogP) is 0.571. The second-order valence-corrected chi connectivity index (χ2v) is 3.97. The number of esters is 4. The van der Waals surface area contributed by atoms with Crippen molar-refractivity contribution in [1.82, 2.24) is 0 Å². The van der Waals surface area contributed by atoms with Crippen LogP contribution in [-0.4, -0.2) is 37.6 Å². The van der Waals surface area contributed by atoms with E-state index in [1.807, 2.05) is 0 Å². The number of benzene rings is 1. The average molecular weight is 306 g/mol. The lowest BCUT2D eigenvalue weighted by molar-refractivity contribution is -0.165. The molecule has 116 valence electrons. The number of hydrogen-bond acceptors (Lipinski definition) is 7. The maximum Gasteiger partial charge on any atom is 0.351 e. The highest BCUT2D eigenvalue weighted by Gasteiger charge is 2.13. The molecule has 0 aliphatic rings. The number of carbonyl (C=O) groups is 4. The van der Waals surface area contributed by atoms with Crippen LogP contribution in [0.5, 0.6) is 0 Å². The van der Waals surface area contributed by atoms with Crippen LogP contribution in [0.25, 0.3) is 0 Å². The molecule has 0 spiro atoms. The summed E-state index contributed by atoms with van der Waals surface area (Å²) in [6.45, 7) is -0.731. The van der Waals surface area contributed by atoms with E-state index >= 15 is 0 Å². The van der Waals surface area contributed by atoms with Crippen LogP contribution in [-0.2, 0) is 39.8 Å². The van der Waals surface area contributed by atoms with Gasteiger partial charge >= 0.3 is 23.9 Å². The Hall–Kier alpha value is -2.96. The van der Waals surface area contributed by atoms with Crippen molar-refractivity contribution in [3.05, 3.63) is 48.0 Å². The van der Waals surface area contributed by atoms with Gasteiger partial charge in [0.1, 0.15) is 0 Å². The van der Waals surface area contributed by atoms with Crippen molar-refractivity contribution in [2.45, 2.75) is 6.42 Å². The van der Waals surface area contributed by atoms with Gasteiger partial charge in [0.25, 0.3) is 0 Å². The molecule has 0 unspecified atom stereocenters. The molecule has 0 saturated heterocycles. The van der Waals surface area contributed by atoms with E-state index < -0.39 is 30.5 Å². The maximum absolute atomic E-state index is 11.5. The molecule has 0 radical (unpaired) electrons. The van der Waals surface area contributed by atoms with Crippen molar-refractivity contribution in [2.24, 2.45) is 0 Å². The lowest BCUT2D eigenvalue weighted by atomic mass is 10.2. The van der Waals surface area contributed by atoms with E-state index in [4.69, 9.17) is 0 Å². The molecule has 22 heavy (non-hydrogen) atoms. The average Bonchev–Trinajstić information content (AvgIpc) is 2.51. The van der Waals surface area contributed by atoms with Crippen molar-refractivity contribution >= 4 is 23.9 Å². The van der Waals surface area contributed by atoms with Crippen LogP contribution in [0.3, 0.4) is 0 Å².